The van der Waals surface area contributed by atoms with Crippen molar-refractivity contribution in [2.24, 2.45) is 0 Å². The van der Waals surface area contributed by atoms with Gasteiger partial charge in [0.25, 0.3) is 0 Å². The van der Waals surface area contributed by atoms with Crippen molar-refractivity contribution in [1.82, 2.24) is 20.2 Å². The number of hydrogen-bond donors (Lipinski definition) is 1. The largest absolute Gasteiger partial charge is 0.348 e. The summed E-state index contributed by atoms with van der Waals surface area (Å²) in [7, 11) is 0. The third kappa shape index (κ3) is 5.04. The highest BCUT2D eigenvalue weighted by atomic mass is 16.2. The molecular formula is C21H29N5O. The van der Waals surface area contributed by atoms with E-state index in [0.29, 0.717) is 0 Å². The normalized spacial score (nSPS) is 17.3. The number of hydrogen-bond acceptors (Lipinski definition) is 5. The zero-order valence-corrected chi connectivity index (χ0v) is 16.2. The van der Waals surface area contributed by atoms with Gasteiger partial charge in [-0.3, -0.25) is 9.69 Å². The van der Waals surface area contributed by atoms with E-state index in [-0.39, 0.29) is 18.0 Å². The number of amides is 1. The molecule has 1 N–H and O–H groups in total. The number of carbonyl (C=O) groups excluding carboxylic acids is 1. The van der Waals surface area contributed by atoms with E-state index in [1.54, 1.807) is 12.4 Å². The van der Waals surface area contributed by atoms with Gasteiger partial charge in [-0.05, 0) is 25.0 Å². The number of benzene rings is 1. The highest BCUT2D eigenvalue weighted by Crippen LogP contribution is 2.19. The molecule has 1 aromatic heterocycles. The zero-order valence-electron chi connectivity index (χ0n) is 16.2. The van der Waals surface area contributed by atoms with Crippen LogP contribution in [0.2, 0.25) is 0 Å². The van der Waals surface area contributed by atoms with Crippen LogP contribution in [0.15, 0.2) is 48.8 Å². The molecule has 0 unspecified atom stereocenters. The van der Waals surface area contributed by atoms with Gasteiger partial charge in [-0.15, -0.1) is 0 Å². The molecule has 2 aromatic rings. The lowest BCUT2D eigenvalue weighted by Gasteiger charge is -2.37. The van der Waals surface area contributed by atoms with E-state index in [2.05, 4.69) is 44.1 Å². The number of anilines is 1. The van der Waals surface area contributed by atoms with E-state index in [1.807, 2.05) is 31.2 Å². The van der Waals surface area contributed by atoms with Crippen molar-refractivity contribution in [3.05, 3.63) is 54.4 Å². The monoisotopic (exact) mass is 367 g/mol. The van der Waals surface area contributed by atoms with E-state index in [1.165, 1.54) is 5.56 Å². The third-order valence-electron chi connectivity index (χ3n) is 5.17. The average Bonchev–Trinajstić information content (AvgIpc) is 2.74. The van der Waals surface area contributed by atoms with Crippen LogP contribution in [0.1, 0.15) is 38.3 Å². The Bertz CT molecular complexity index is 701. The maximum absolute atomic E-state index is 12.9. The fraction of sp³-hybridized carbons (Fsp3) is 0.476. The smallest absolute Gasteiger partial charge is 0.237 e. The van der Waals surface area contributed by atoms with Gasteiger partial charge in [0.05, 0.1) is 12.1 Å². The molecule has 0 saturated carbocycles. The number of aromatic nitrogens is 2. The second-order valence-electron chi connectivity index (χ2n) is 7.01. The summed E-state index contributed by atoms with van der Waals surface area (Å²) < 4.78 is 0. The molecule has 0 spiro atoms. The van der Waals surface area contributed by atoms with Crippen LogP contribution in [0.4, 0.5) is 5.95 Å². The molecule has 3 rings (SSSR count). The number of nitrogens with one attached hydrogen (secondary N) is 1. The Morgan fingerprint density at radius 2 is 1.74 bits per heavy atom. The van der Waals surface area contributed by atoms with Gasteiger partial charge in [-0.2, -0.15) is 0 Å². The van der Waals surface area contributed by atoms with Crippen LogP contribution in [0.3, 0.4) is 0 Å². The Kier molecular flexibility index (Phi) is 6.76. The SMILES string of the molecule is CCC[C@@H](NC(=O)[C@@H](C)N1CCN(c2ncccn2)CC1)c1ccccc1. The molecule has 1 saturated heterocycles. The number of rotatable bonds is 7. The van der Waals surface area contributed by atoms with Crippen molar-refractivity contribution in [2.75, 3.05) is 31.1 Å². The van der Waals surface area contributed by atoms with Crippen LogP contribution in [0.25, 0.3) is 0 Å². The van der Waals surface area contributed by atoms with Gasteiger partial charge >= 0.3 is 0 Å². The van der Waals surface area contributed by atoms with Crippen LogP contribution < -0.4 is 10.2 Å². The van der Waals surface area contributed by atoms with E-state index in [9.17, 15) is 4.79 Å². The highest BCUT2D eigenvalue weighted by molar-refractivity contribution is 5.81. The van der Waals surface area contributed by atoms with Crippen molar-refractivity contribution in [1.29, 1.82) is 0 Å². The van der Waals surface area contributed by atoms with Gasteiger partial charge in [0.2, 0.25) is 11.9 Å². The molecule has 0 radical (unpaired) electrons. The Morgan fingerprint density at radius 1 is 1.07 bits per heavy atom. The lowest BCUT2D eigenvalue weighted by Crippen LogP contribution is -2.54. The Balaban J connectivity index is 1.55. The Hall–Kier alpha value is -2.47. The van der Waals surface area contributed by atoms with Gasteiger partial charge in [0.15, 0.2) is 0 Å². The molecule has 1 amide bonds. The first-order valence-electron chi connectivity index (χ1n) is 9.80. The number of nitrogens with zero attached hydrogens (tertiary/aromatic N) is 4. The van der Waals surface area contributed by atoms with Crippen LogP contribution in [0, 0.1) is 0 Å². The lowest BCUT2D eigenvalue weighted by molar-refractivity contribution is -0.126. The average molecular weight is 367 g/mol. The lowest BCUT2D eigenvalue weighted by atomic mass is 10.0. The van der Waals surface area contributed by atoms with Crippen LogP contribution in [0.5, 0.6) is 0 Å². The molecule has 1 aliphatic heterocycles. The second kappa shape index (κ2) is 9.46. The maximum Gasteiger partial charge on any atom is 0.237 e. The minimum atomic E-state index is -0.146. The topological polar surface area (TPSA) is 61.4 Å². The van der Waals surface area contributed by atoms with E-state index < -0.39 is 0 Å². The standard InChI is InChI=1S/C21H29N5O/c1-3-8-19(18-9-5-4-6-10-18)24-20(27)17(2)25-13-15-26(16-14-25)21-22-11-7-12-23-21/h4-7,9-12,17,19H,3,8,13-16H2,1-2H3,(H,24,27)/t17-,19-/m1/s1. The first kappa shape index (κ1) is 19.3. The van der Waals surface area contributed by atoms with Gasteiger partial charge < -0.3 is 10.2 Å². The van der Waals surface area contributed by atoms with Crippen LogP contribution in [-0.2, 0) is 4.79 Å². The zero-order chi connectivity index (χ0) is 19.1. The fourth-order valence-corrected chi connectivity index (χ4v) is 3.52. The molecule has 2 atom stereocenters. The van der Waals surface area contributed by atoms with Crippen molar-refractivity contribution in [3.8, 4) is 0 Å². The van der Waals surface area contributed by atoms with Crippen molar-refractivity contribution >= 4 is 11.9 Å². The maximum atomic E-state index is 12.9. The fourth-order valence-electron chi connectivity index (χ4n) is 3.52. The summed E-state index contributed by atoms with van der Waals surface area (Å²) in [4.78, 5) is 25.9. The van der Waals surface area contributed by atoms with Gasteiger partial charge in [-0.1, -0.05) is 43.7 Å². The molecule has 1 aliphatic rings. The number of carbonyl (C=O) groups is 1. The quantitative estimate of drug-likeness (QED) is 0.815. The van der Waals surface area contributed by atoms with Crippen LogP contribution in [-0.4, -0.2) is 53.0 Å². The molecule has 0 bridgehead atoms. The second-order valence-corrected chi connectivity index (χ2v) is 7.01. The molecular weight excluding hydrogens is 338 g/mol. The molecule has 6 nitrogen and oxygen atoms in total. The van der Waals surface area contributed by atoms with E-state index in [4.69, 9.17) is 0 Å². The minimum Gasteiger partial charge on any atom is -0.348 e. The van der Waals surface area contributed by atoms with Gasteiger partial charge in [-0.25, -0.2) is 9.97 Å². The molecule has 0 aliphatic carbocycles. The molecule has 27 heavy (non-hydrogen) atoms. The molecule has 1 aromatic carbocycles. The van der Waals surface area contributed by atoms with Gasteiger partial charge in [0.1, 0.15) is 0 Å². The first-order chi connectivity index (χ1) is 13.2. The highest BCUT2D eigenvalue weighted by Gasteiger charge is 2.27. The minimum absolute atomic E-state index is 0.0742. The summed E-state index contributed by atoms with van der Waals surface area (Å²) in [6.07, 6.45) is 5.51. The van der Waals surface area contributed by atoms with Crippen molar-refractivity contribution in [3.63, 3.8) is 0 Å². The summed E-state index contributed by atoms with van der Waals surface area (Å²) >= 11 is 0. The molecule has 6 heteroatoms. The van der Waals surface area contributed by atoms with E-state index >= 15 is 0 Å². The Morgan fingerprint density at radius 3 is 2.37 bits per heavy atom. The summed E-state index contributed by atoms with van der Waals surface area (Å²) in [5.41, 5.74) is 1.17. The van der Waals surface area contributed by atoms with Gasteiger partial charge in [0, 0.05) is 38.6 Å². The summed E-state index contributed by atoms with van der Waals surface area (Å²) in [5, 5.41) is 3.26. The predicted octanol–water partition coefficient (Wildman–Crippen LogP) is 2.64. The number of piperazine rings is 1. The molecule has 144 valence electrons. The summed E-state index contributed by atoms with van der Waals surface area (Å²) in [6.45, 7) is 7.47. The predicted molar refractivity (Wildman–Crippen MR) is 108 cm³/mol. The van der Waals surface area contributed by atoms with Crippen molar-refractivity contribution in [2.45, 2.75) is 38.8 Å². The summed E-state index contributed by atoms with van der Waals surface area (Å²) in [5.74, 6) is 0.864. The third-order valence-corrected chi connectivity index (χ3v) is 5.17. The van der Waals surface area contributed by atoms with Crippen LogP contribution >= 0.6 is 0 Å². The van der Waals surface area contributed by atoms with Crippen molar-refractivity contribution < 1.29 is 4.79 Å². The van der Waals surface area contributed by atoms with E-state index in [0.717, 1.165) is 45.0 Å². The Labute approximate surface area is 161 Å². The first-order valence-corrected chi connectivity index (χ1v) is 9.80. The molecule has 2 heterocycles. The molecule has 1 fully saturated rings. The summed E-state index contributed by atoms with van der Waals surface area (Å²) in [6, 6.07) is 12.0.